The maximum absolute atomic E-state index is 13.2. The molecular weight excluding hydrogens is 340 g/mol. The van der Waals surface area contributed by atoms with Crippen LogP contribution >= 0.6 is 0 Å². The third-order valence-corrected chi connectivity index (χ3v) is 5.06. The normalized spacial score (nSPS) is 15.0. The van der Waals surface area contributed by atoms with Gasteiger partial charge in [-0.3, -0.25) is 9.59 Å². The summed E-state index contributed by atoms with van der Waals surface area (Å²) in [6, 6.07) is 7.81. The molecule has 0 saturated carbocycles. The van der Waals surface area contributed by atoms with Gasteiger partial charge >= 0.3 is 0 Å². The molecular formula is C21H30N4O2. The predicted octanol–water partition coefficient (Wildman–Crippen LogP) is 2.89. The molecule has 6 heteroatoms. The van der Waals surface area contributed by atoms with Crippen molar-refractivity contribution >= 4 is 22.8 Å². The summed E-state index contributed by atoms with van der Waals surface area (Å²) in [5.74, 6) is 1.10. The monoisotopic (exact) mass is 370 g/mol. The Hall–Kier alpha value is -2.37. The van der Waals surface area contributed by atoms with Crippen LogP contribution in [0.3, 0.4) is 0 Å². The molecule has 0 N–H and O–H groups in total. The predicted molar refractivity (Wildman–Crippen MR) is 109 cm³/mol. The first-order valence-electron chi connectivity index (χ1n) is 10.0. The van der Waals surface area contributed by atoms with Crippen molar-refractivity contribution in [3.05, 3.63) is 34.6 Å². The molecule has 1 aromatic heterocycles. The quantitative estimate of drug-likeness (QED) is 0.784. The Morgan fingerprint density at radius 3 is 2.52 bits per heavy atom. The van der Waals surface area contributed by atoms with Gasteiger partial charge in [0.1, 0.15) is 0 Å². The molecule has 27 heavy (non-hydrogen) atoms. The molecule has 0 aliphatic carbocycles. The first-order chi connectivity index (χ1) is 13.0. The van der Waals surface area contributed by atoms with E-state index in [4.69, 9.17) is 0 Å². The smallest absolute Gasteiger partial charge is 0.294 e. The first-order valence-corrected chi connectivity index (χ1v) is 10.0. The van der Waals surface area contributed by atoms with Crippen LogP contribution in [0.5, 0.6) is 0 Å². The number of rotatable bonds is 6. The summed E-state index contributed by atoms with van der Waals surface area (Å²) in [5, 5.41) is 0. The van der Waals surface area contributed by atoms with Gasteiger partial charge in [-0.1, -0.05) is 39.3 Å². The number of carbonyl (C=O) groups excluding carboxylic acids is 1. The van der Waals surface area contributed by atoms with E-state index >= 15 is 0 Å². The second-order valence-electron chi connectivity index (χ2n) is 7.71. The number of benzene rings is 1. The zero-order valence-electron chi connectivity index (χ0n) is 16.6. The van der Waals surface area contributed by atoms with Gasteiger partial charge in [0.25, 0.3) is 5.56 Å². The molecule has 0 atom stereocenters. The topological polar surface area (TPSA) is 58.4 Å². The first kappa shape index (κ1) is 19.4. The van der Waals surface area contributed by atoms with Gasteiger partial charge in [0.05, 0.1) is 11.0 Å². The maximum Gasteiger partial charge on any atom is 0.294 e. The largest absolute Gasteiger partial charge is 0.348 e. The molecule has 0 radical (unpaired) electrons. The number of aromatic nitrogens is 2. The van der Waals surface area contributed by atoms with E-state index in [1.807, 2.05) is 38.6 Å². The van der Waals surface area contributed by atoms with Gasteiger partial charge in [-0.15, -0.1) is 0 Å². The van der Waals surface area contributed by atoms with Crippen LogP contribution in [0.15, 0.2) is 29.1 Å². The Morgan fingerprint density at radius 1 is 1.15 bits per heavy atom. The molecule has 2 aromatic rings. The lowest BCUT2D eigenvalue weighted by molar-refractivity contribution is -0.131. The van der Waals surface area contributed by atoms with Crippen molar-refractivity contribution in [1.82, 2.24) is 14.5 Å². The summed E-state index contributed by atoms with van der Waals surface area (Å²) >= 11 is 0. The molecule has 1 amide bonds. The minimum Gasteiger partial charge on any atom is -0.348 e. The summed E-state index contributed by atoms with van der Waals surface area (Å²) in [5.41, 5.74) is 1.69. The van der Waals surface area contributed by atoms with Crippen molar-refractivity contribution in [2.24, 2.45) is 5.92 Å². The van der Waals surface area contributed by atoms with Gasteiger partial charge in [0, 0.05) is 39.1 Å². The van der Waals surface area contributed by atoms with E-state index in [-0.39, 0.29) is 11.5 Å². The van der Waals surface area contributed by atoms with Crippen LogP contribution < -0.4 is 10.5 Å². The molecule has 146 valence electrons. The van der Waals surface area contributed by atoms with Crippen LogP contribution in [0.2, 0.25) is 0 Å². The zero-order chi connectivity index (χ0) is 19.4. The standard InChI is InChI=1S/C21H30N4O2/c1-4-5-10-19(26)23-11-13-24(14-12-23)20-21(27)25(15-16(2)3)18-9-7-6-8-17(18)22-20/h6-9,16H,4-5,10-15H2,1-3H3. The Bertz CT molecular complexity index is 851. The maximum atomic E-state index is 13.2. The number of nitrogens with zero attached hydrogens (tertiary/aromatic N) is 4. The number of hydrogen-bond acceptors (Lipinski definition) is 4. The summed E-state index contributed by atoms with van der Waals surface area (Å²) in [7, 11) is 0. The Labute approximate surface area is 160 Å². The summed E-state index contributed by atoms with van der Waals surface area (Å²) < 4.78 is 1.85. The van der Waals surface area contributed by atoms with Crippen LogP contribution in [0.1, 0.15) is 40.0 Å². The second-order valence-corrected chi connectivity index (χ2v) is 7.71. The highest BCUT2D eigenvalue weighted by molar-refractivity contribution is 5.77. The molecule has 1 saturated heterocycles. The third-order valence-electron chi connectivity index (χ3n) is 5.06. The molecule has 0 unspecified atom stereocenters. The fraction of sp³-hybridized carbons (Fsp3) is 0.571. The van der Waals surface area contributed by atoms with Gasteiger partial charge in [-0.2, -0.15) is 0 Å². The lowest BCUT2D eigenvalue weighted by Crippen LogP contribution is -2.50. The molecule has 1 aromatic carbocycles. The highest BCUT2D eigenvalue weighted by Gasteiger charge is 2.24. The van der Waals surface area contributed by atoms with Crippen molar-refractivity contribution in [2.75, 3.05) is 31.1 Å². The number of amides is 1. The lowest BCUT2D eigenvalue weighted by Gasteiger charge is -2.35. The summed E-state index contributed by atoms with van der Waals surface area (Å²) in [4.78, 5) is 34.0. The van der Waals surface area contributed by atoms with Crippen molar-refractivity contribution in [2.45, 2.75) is 46.6 Å². The average Bonchev–Trinajstić information content (AvgIpc) is 2.68. The SMILES string of the molecule is CCCCC(=O)N1CCN(c2nc3ccccc3n(CC(C)C)c2=O)CC1. The zero-order valence-corrected chi connectivity index (χ0v) is 16.6. The molecule has 1 fully saturated rings. The molecule has 1 aliphatic heterocycles. The van der Waals surface area contributed by atoms with Gasteiger partial charge in [0.15, 0.2) is 5.82 Å². The van der Waals surface area contributed by atoms with Crippen LogP contribution in [0, 0.1) is 5.92 Å². The lowest BCUT2D eigenvalue weighted by atomic mass is 10.2. The molecule has 6 nitrogen and oxygen atoms in total. The Morgan fingerprint density at radius 2 is 1.85 bits per heavy atom. The number of carbonyl (C=O) groups is 1. The molecule has 3 rings (SSSR count). The molecule has 1 aliphatic rings. The van der Waals surface area contributed by atoms with E-state index in [9.17, 15) is 9.59 Å². The summed E-state index contributed by atoms with van der Waals surface area (Å²) in [6.45, 7) is 9.61. The number of para-hydroxylation sites is 2. The van der Waals surface area contributed by atoms with E-state index in [1.54, 1.807) is 0 Å². The van der Waals surface area contributed by atoms with Crippen molar-refractivity contribution in [1.29, 1.82) is 0 Å². The van der Waals surface area contributed by atoms with E-state index in [1.165, 1.54) is 0 Å². The highest BCUT2D eigenvalue weighted by Crippen LogP contribution is 2.17. The van der Waals surface area contributed by atoms with E-state index in [0.29, 0.717) is 50.9 Å². The highest BCUT2D eigenvalue weighted by atomic mass is 16.2. The fourth-order valence-corrected chi connectivity index (χ4v) is 3.59. The molecule has 0 spiro atoms. The van der Waals surface area contributed by atoms with Gasteiger partial charge < -0.3 is 14.4 Å². The van der Waals surface area contributed by atoms with Gasteiger partial charge in [-0.05, 0) is 24.5 Å². The van der Waals surface area contributed by atoms with Gasteiger partial charge in [-0.25, -0.2) is 4.98 Å². The second kappa shape index (κ2) is 8.55. The fourth-order valence-electron chi connectivity index (χ4n) is 3.59. The van der Waals surface area contributed by atoms with Crippen molar-refractivity contribution in [3.63, 3.8) is 0 Å². The average molecular weight is 370 g/mol. The number of anilines is 1. The minimum atomic E-state index is -0.0341. The number of hydrogen-bond donors (Lipinski definition) is 0. The molecule has 0 bridgehead atoms. The Kier molecular flexibility index (Phi) is 6.14. The van der Waals surface area contributed by atoms with E-state index in [0.717, 1.165) is 23.9 Å². The Balaban J connectivity index is 1.84. The number of fused-ring (bicyclic) bond motifs is 1. The van der Waals surface area contributed by atoms with E-state index < -0.39 is 0 Å². The molecule has 2 heterocycles. The van der Waals surface area contributed by atoms with Crippen LogP contribution in [-0.4, -0.2) is 46.5 Å². The van der Waals surface area contributed by atoms with Gasteiger partial charge in [0.2, 0.25) is 5.91 Å². The summed E-state index contributed by atoms with van der Waals surface area (Å²) in [6.07, 6.45) is 2.58. The van der Waals surface area contributed by atoms with Crippen molar-refractivity contribution < 1.29 is 4.79 Å². The number of piperazine rings is 1. The van der Waals surface area contributed by atoms with E-state index in [2.05, 4.69) is 25.8 Å². The number of unbranched alkanes of at least 4 members (excludes halogenated alkanes) is 1. The van der Waals surface area contributed by atoms with Crippen LogP contribution in [0.25, 0.3) is 11.0 Å². The van der Waals surface area contributed by atoms with Crippen LogP contribution in [-0.2, 0) is 11.3 Å². The minimum absolute atomic E-state index is 0.0341. The van der Waals surface area contributed by atoms with Crippen molar-refractivity contribution in [3.8, 4) is 0 Å². The third kappa shape index (κ3) is 4.31. The van der Waals surface area contributed by atoms with Crippen LogP contribution in [0.4, 0.5) is 5.82 Å².